The number of furan rings is 1. The summed E-state index contributed by atoms with van der Waals surface area (Å²) in [6, 6.07) is 10.2. The number of amides is 1. The largest absolute Gasteiger partial charge is 0.449 e. The van der Waals surface area contributed by atoms with Crippen LogP contribution in [0.4, 0.5) is 4.39 Å². The third kappa shape index (κ3) is 4.14. The van der Waals surface area contributed by atoms with E-state index in [4.69, 9.17) is 9.15 Å². The maximum absolute atomic E-state index is 13.5. The number of ether oxygens (including phenoxy) is 1. The van der Waals surface area contributed by atoms with Gasteiger partial charge in [0.15, 0.2) is 11.5 Å². The minimum absolute atomic E-state index is 0.0762. The highest BCUT2D eigenvalue weighted by Gasteiger charge is 2.26. The lowest BCUT2D eigenvalue weighted by molar-refractivity contribution is 0.0836. The molecule has 3 heterocycles. The maximum Gasteiger partial charge on any atom is 0.287 e. The van der Waals surface area contributed by atoms with Crippen LogP contribution in [0.3, 0.4) is 0 Å². The van der Waals surface area contributed by atoms with Gasteiger partial charge >= 0.3 is 0 Å². The van der Waals surface area contributed by atoms with E-state index < -0.39 is 0 Å². The van der Waals surface area contributed by atoms with E-state index in [1.165, 1.54) is 25.0 Å². The van der Waals surface area contributed by atoms with Crippen LogP contribution in [0.1, 0.15) is 55.1 Å². The molecule has 2 fully saturated rings. The van der Waals surface area contributed by atoms with Crippen molar-refractivity contribution >= 4 is 5.91 Å². The standard InChI is InChI=1S/C24H26FN3O3/c25-17-9-7-16(8-10-17)22-23(28(15-27-22)18-4-1-2-5-18)20-11-12-21(31-20)24(29)26-14-19-6-3-13-30-19/h7-12,15,18-19H,1-6,13-14H2,(H,26,29)/t19-/m1/s1. The molecule has 0 bridgehead atoms. The lowest BCUT2D eigenvalue weighted by atomic mass is 10.1. The average molecular weight is 423 g/mol. The van der Waals surface area contributed by atoms with Gasteiger partial charge in [-0.3, -0.25) is 4.79 Å². The van der Waals surface area contributed by atoms with Crippen molar-refractivity contribution in [3.05, 3.63) is 54.3 Å². The fraction of sp³-hybridized carbons (Fsp3) is 0.417. The first kappa shape index (κ1) is 20.0. The van der Waals surface area contributed by atoms with Crippen LogP contribution in [0.2, 0.25) is 0 Å². The van der Waals surface area contributed by atoms with E-state index in [1.54, 1.807) is 18.2 Å². The summed E-state index contributed by atoms with van der Waals surface area (Å²) in [5.41, 5.74) is 2.37. The lowest BCUT2D eigenvalue weighted by Crippen LogP contribution is -2.31. The number of halogens is 1. The number of benzene rings is 1. The van der Waals surface area contributed by atoms with Crippen LogP contribution in [-0.2, 0) is 4.74 Å². The highest BCUT2D eigenvalue weighted by Crippen LogP contribution is 2.39. The van der Waals surface area contributed by atoms with Crippen molar-refractivity contribution in [2.45, 2.75) is 50.7 Å². The van der Waals surface area contributed by atoms with Crippen LogP contribution in [0.15, 0.2) is 47.1 Å². The number of hydrogen-bond acceptors (Lipinski definition) is 4. The molecule has 3 aromatic rings. The molecule has 1 amide bonds. The molecule has 6 nitrogen and oxygen atoms in total. The van der Waals surface area contributed by atoms with Gasteiger partial charge in [-0.05, 0) is 62.1 Å². The van der Waals surface area contributed by atoms with Crippen LogP contribution in [-0.4, -0.2) is 34.7 Å². The normalized spacial score (nSPS) is 19.2. The zero-order chi connectivity index (χ0) is 21.2. The number of nitrogens with zero attached hydrogens (tertiary/aromatic N) is 2. The highest BCUT2D eigenvalue weighted by molar-refractivity contribution is 5.92. The Hall–Kier alpha value is -2.93. The summed E-state index contributed by atoms with van der Waals surface area (Å²) in [7, 11) is 0. The predicted octanol–water partition coefficient (Wildman–Crippen LogP) is 4.97. The topological polar surface area (TPSA) is 69.3 Å². The zero-order valence-electron chi connectivity index (χ0n) is 17.4. The Morgan fingerprint density at radius 3 is 2.65 bits per heavy atom. The molecule has 2 aromatic heterocycles. The first-order chi connectivity index (χ1) is 15.2. The smallest absolute Gasteiger partial charge is 0.287 e. The van der Waals surface area contributed by atoms with Crippen molar-refractivity contribution in [1.29, 1.82) is 0 Å². The van der Waals surface area contributed by atoms with E-state index in [0.29, 0.717) is 18.3 Å². The molecule has 1 atom stereocenters. The number of rotatable bonds is 6. The van der Waals surface area contributed by atoms with Gasteiger partial charge in [0.1, 0.15) is 11.5 Å². The van der Waals surface area contributed by atoms with Crippen LogP contribution < -0.4 is 5.32 Å². The van der Waals surface area contributed by atoms with Crippen molar-refractivity contribution in [2.24, 2.45) is 0 Å². The van der Waals surface area contributed by atoms with Gasteiger partial charge in [0.25, 0.3) is 5.91 Å². The summed E-state index contributed by atoms with van der Waals surface area (Å²) in [5.74, 6) is 0.309. The van der Waals surface area contributed by atoms with Gasteiger partial charge in [-0.2, -0.15) is 0 Å². The van der Waals surface area contributed by atoms with E-state index >= 15 is 0 Å². The van der Waals surface area contributed by atoms with E-state index in [9.17, 15) is 9.18 Å². The zero-order valence-corrected chi connectivity index (χ0v) is 17.4. The molecule has 31 heavy (non-hydrogen) atoms. The lowest BCUT2D eigenvalue weighted by Gasteiger charge is -2.15. The summed E-state index contributed by atoms with van der Waals surface area (Å²) in [5, 5.41) is 2.90. The third-order valence-electron chi connectivity index (χ3n) is 6.21. The molecule has 1 saturated heterocycles. The van der Waals surface area contributed by atoms with Crippen LogP contribution >= 0.6 is 0 Å². The maximum atomic E-state index is 13.5. The Bertz CT molecular complexity index is 1040. The fourth-order valence-electron chi connectivity index (χ4n) is 4.57. The molecule has 0 unspecified atom stereocenters. The van der Waals surface area contributed by atoms with E-state index in [1.807, 2.05) is 12.4 Å². The molecule has 5 rings (SSSR count). The number of imidazole rings is 1. The summed E-state index contributed by atoms with van der Waals surface area (Å²) >= 11 is 0. The average Bonchev–Trinajstić information content (AvgIpc) is 3.58. The quantitative estimate of drug-likeness (QED) is 0.608. The molecule has 162 valence electrons. The fourth-order valence-corrected chi connectivity index (χ4v) is 4.57. The number of nitrogens with one attached hydrogen (secondary N) is 1. The number of carbonyl (C=O) groups is 1. The van der Waals surface area contributed by atoms with E-state index in [-0.39, 0.29) is 23.6 Å². The van der Waals surface area contributed by atoms with Gasteiger partial charge in [0, 0.05) is 24.8 Å². The predicted molar refractivity (Wildman–Crippen MR) is 114 cm³/mol. The molecule has 7 heteroatoms. The van der Waals surface area contributed by atoms with Crippen LogP contribution in [0.25, 0.3) is 22.7 Å². The number of hydrogen-bond donors (Lipinski definition) is 1. The third-order valence-corrected chi connectivity index (χ3v) is 6.21. The summed E-state index contributed by atoms with van der Waals surface area (Å²) in [6.07, 6.45) is 8.44. The number of carbonyl (C=O) groups excluding carboxylic acids is 1. The number of aromatic nitrogens is 2. The van der Waals surface area contributed by atoms with Gasteiger partial charge in [-0.25, -0.2) is 9.37 Å². The molecular formula is C24H26FN3O3. The van der Waals surface area contributed by atoms with Crippen molar-refractivity contribution in [3.63, 3.8) is 0 Å². The highest BCUT2D eigenvalue weighted by atomic mass is 19.1. The second kappa shape index (κ2) is 8.67. The van der Waals surface area contributed by atoms with Gasteiger partial charge in [-0.1, -0.05) is 12.8 Å². The molecule has 1 saturated carbocycles. The molecular weight excluding hydrogens is 397 g/mol. The molecule has 1 N–H and O–H groups in total. The molecule has 0 radical (unpaired) electrons. The molecule has 2 aliphatic rings. The van der Waals surface area contributed by atoms with Crippen LogP contribution in [0, 0.1) is 5.82 Å². The van der Waals surface area contributed by atoms with E-state index in [2.05, 4.69) is 14.9 Å². The Kier molecular flexibility index (Phi) is 5.59. The SMILES string of the molecule is O=C(NC[C@H]1CCCO1)c1ccc(-c2c(-c3ccc(F)cc3)ncn2C2CCCC2)o1. The first-order valence-electron chi connectivity index (χ1n) is 11.0. The summed E-state index contributed by atoms with van der Waals surface area (Å²) in [4.78, 5) is 17.2. The van der Waals surface area contributed by atoms with Gasteiger partial charge in [-0.15, -0.1) is 0 Å². The Morgan fingerprint density at radius 1 is 1.10 bits per heavy atom. The van der Waals surface area contributed by atoms with E-state index in [0.717, 1.165) is 49.2 Å². The Labute approximate surface area is 180 Å². The van der Waals surface area contributed by atoms with Gasteiger partial charge in [0.05, 0.1) is 18.1 Å². The van der Waals surface area contributed by atoms with Crippen molar-refractivity contribution < 1.29 is 18.3 Å². The van der Waals surface area contributed by atoms with Crippen molar-refractivity contribution in [2.75, 3.05) is 13.2 Å². The van der Waals surface area contributed by atoms with Crippen molar-refractivity contribution in [1.82, 2.24) is 14.9 Å². The second-order valence-electron chi connectivity index (χ2n) is 8.30. The van der Waals surface area contributed by atoms with Crippen LogP contribution in [0.5, 0.6) is 0 Å². The molecule has 0 spiro atoms. The summed E-state index contributed by atoms with van der Waals surface area (Å²) < 4.78 is 27.2. The van der Waals surface area contributed by atoms with Crippen molar-refractivity contribution in [3.8, 4) is 22.7 Å². The van der Waals surface area contributed by atoms with Gasteiger partial charge < -0.3 is 19.0 Å². The second-order valence-corrected chi connectivity index (χ2v) is 8.30. The minimum atomic E-state index is -0.288. The molecule has 1 aliphatic heterocycles. The minimum Gasteiger partial charge on any atom is -0.449 e. The Morgan fingerprint density at radius 2 is 1.90 bits per heavy atom. The Balaban J connectivity index is 1.45. The molecule has 1 aliphatic carbocycles. The first-order valence-corrected chi connectivity index (χ1v) is 11.0. The monoisotopic (exact) mass is 423 g/mol. The summed E-state index contributed by atoms with van der Waals surface area (Å²) in [6.45, 7) is 1.23. The van der Waals surface area contributed by atoms with Gasteiger partial charge in [0.2, 0.25) is 0 Å². The molecule has 1 aromatic carbocycles.